The van der Waals surface area contributed by atoms with Gasteiger partial charge in [-0.05, 0) is 32.0 Å². The first-order valence-corrected chi connectivity index (χ1v) is 7.76. The monoisotopic (exact) mass is 342 g/mol. The van der Waals surface area contributed by atoms with Gasteiger partial charge in [0.25, 0.3) is 0 Å². The lowest BCUT2D eigenvalue weighted by molar-refractivity contribution is -0.146. The van der Waals surface area contributed by atoms with E-state index in [2.05, 4.69) is 10.6 Å². The maximum Gasteiger partial charge on any atom is 0.328 e. The number of anilines is 1. The SMILES string of the molecule is CC(C)(NC(=O)CC1Sc2ccc(Cl)cc2NC1=O)C(=O)O. The number of carbonyl (C=O) groups excluding carboxylic acids is 2. The molecule has 3 N–H and O–H groups in total. The van der Waals surface area contributed by atoms with Gasteiger partial charge in [0.05, 0.1) is 10.9 Å². The summed E-state index contributed by atoms with van der Waals surface area (Å²) < 4.78 is 0. The molecular formula is C14H15ClN2O4S. The normalized spacial score (nSPS) is 17.4. The van der Waals surface area contributed by atoms with Gasteiger partial charge in [-0.25, -0.2) is 4.79 Å². The molecule has 0 fully saturated rings. The predicted octanol–water partition coefficient (Wildman–Crippen LogP) is 2.12. The molecule has 1 aromatic carbocycles. The minimum atomic E-state index is -1.38. The van der Waals surface area contributed by atoms with E-state index in [-0.39, 0.29) is 12.3 Å². The van der Waals surface area contributed by atoms with Crippen LogP contribution in [-0.4, -0.2) is 33.7 Å². The fraction of sp³-hybridized carbons (Fsp3) is 0.357. The highest BCUT2D eigenvalue weighted by Gasteiger charge is 2.33. The van der Waals surface area contributed by atoms with Crippen LogP contribution in [0.4, 0.5) is 5.69 Å². The second-order valence-corrected chi connectivity index (χ2v) is 7.10. The van der Waals surface area contributed by atoms with E-state index in [1.165, 1.54) is 25.6 Å². The fourth-order valence-corrected chi connectivity index (χ4v) is 3.14. The zero-order valence-electron chi connectivity index (χ0n) is 12.0. The molecule has 0 spiro atoms. The molecule has 8 heteroatoms. The maximum atomic E-state index is 12.0. The molecule has 1 aliphatic heterocycles. The van der Waals surface area contributed by atoms with E-state index in [1.807, 2.05) is 0 Å². The number of halogens is 1. The smallest absolute Gasteiger partial charge is 0.328 e. The number of hydrogen-bond acceptors (Lipinski definition) is 4. The second-order valence-electron chi connectivity index (χ2n) is 5.42. The molecule has 22 heavy (non-hydrogen) atoms. The van der Waals surface area contributed by atoms with Gasteiger partial charge in [-0.2, -0.15) is 0 Å². The zero-order chi connectivity index (χ0) is 16.5. The highest BCUT2D eigenvalue weighted by atomic mass is 35.5. The van der Waals surface area contributed by atoms with Crippen molar-refractivity contribution in [1.29, 1.82) is 0 Å². The van der Waals surface area contributed by atoms with E-state index < -0.39 is 22.7 Å². The summed E-state index contributed by atoms with van der Waals surface area (Å²) in [6, 6.07) is 5.12. The van der Waals surface area contributed by atoms with Crippen LogP contribution in [0.25, 0.3) is 0 Å². The van der Waals surface area contributed by atoms with Crippen LogP contribution in [0.15, 0.2) is 23.1 Å². The summed E-state index contributed by atoms with van der Waals surface area (Å²) in [5, 5.41) is 14.0. The Hall–Kier alpha value is -1.73. The highest BCUT2D eigenvalue weighted by molar-refractivity contribution is 8.01. The first kappa shape index (κ1) is 16.6. The van der Waals surface area contributed by atoms with Gasteiger partial charge in [-0.3, -0.25) is 9.59 Å². The number of fused-ring (bicyclic) bond motifs is 1. The molecule has 0 radical (unpaired) electrons. The van der Waals surface area contributed by atoms with Crippen molar-refractivity contribution in [3.8, 4) is 0 Å². The van der Waals surface area contributed by atoms with Gasteiger partial charge in [-0.1, -0.05) is 11.6 Å². The topological polar surface area (TPSA) is 95.5 Å². The summed E-state index contributed by atoms with van der Waals surface area (Å²) >= 11 is 7.12. The Bertz CT molecular complexity index is 648. The van der Waals surface area contributed by atoms with E-state index in [1.54, 1.807) is 18.2 Å². The van der Waals surface area contributed by atoms with Crippen LogP contribution in [0, 0.1) is 0 Å². The van der Waals surface area contributed by atoms with Gasteiger partial charge >= 0.3 is 5.97 Å². The molecule has 0 aromatic heterocycles. The Labute approximate surface area is 136 Å². The highest BCUT2D eigenvalue weighted by Crippen LogP contribution is 2.38. The average Bonchev–Trinajstić information content (AvgIpc) is 2.39. The predicted molar refractivity (Wildman–Crippen MR) is 84.2 cm³/mol. The van der Waals surface area contributed by atoms with Crippen LogP contribution >= 0.6 is 23.4 Å². The fourth-order valence-electron chi connectivity index (χ4n) is 1.88. The Kier molecular flexibility index (Phi) is 4.67. The third-order valence-corrected chi connectivity index (χ3v) is 4.63. The quantitative estimate of drug-likeness (QED) is 0.779. The van der Waals surface area contributed by atoms with Crippen LogP contribution in [-0.2, 0) is 14.4 Å². The molecule has 0 bridgehead atoms. The second kappa shape index (κ2) is 6.18. The molecule has 0 aliphatic carbocycles. The van der Waals surface area contributed by atoms with Crippen molar-refractivity contribution in [2.75, 3.05) is 5.32 Å². The first-order chi connectivity index (χ1) is 10.2. The van der Waals surface area contributed by atoms with E-state index in [9.17, 15) is 14.4 Å². The average molecular weight is 343 g/mol. The third-order valence-electron chi connectivity index (χ3n) is 3.12. The summed E-state index contributed by atoms with van der Waals surface area (Å²) in [5.41, 5.74) is -0.761. The van der Waals surface area contributed by atoms with Crippen molar-refractivity contribution in [1.82, 2.24) is 5.32 Å². The minimum absolute atomic E-state index is 0.102. The molecule has 1 unspecified atom stereocenters. The first-order valence-electron chi connectivity index (χ1n) is 6.50. The van der Waals surface area contributed by atoms with Gasteiger partial charge in [0.1, 0.15) is 5.54 Å². The number of amides is 2. The van der Waals surface area contributed by atoms with Crippen molar-refractivity contribution < 1.29 is 19.5 Å². The number of carboxylic acids is 1. The number of benzene rings is 1. The lowest BCUT2D eigenvalue weighted by Gasteiger charge is -2.26. The number of carboxylic acid groups (broad SMARTS) is 1. The van der Waals surface area contributed by atoms with Crippen molar-refractivity contribution in [3.05, 3.63) is 23.2 Å². The molecule has 0 saturated heterocycles. The van der Waals surface area contributed by atoms with E-state index >= 15 is 0 Å². The maximum absolute atomic E-state index is 12.0. The van der Waals surface area contributed by atoms with Crippen molar-refractivity contribution in [2.24, 2.45) is 0 Å². The third kappa shape index (κ3) is 3.72. The number of nitrogens with one attached hydrogen (secondary N) is 2. The Morgan fingerprint density at radius 3 is 2.77 bits per heavy atom. The van der Waals surface area contributed by atoms with Crippen molar-refractivity contribution in [2.45, 2.75) is 36.0 Å². The molecule has 118 valence electrons. The van der Waals surface area contributed by atoms with Gasteiger partial charge in [0, 0.05) is 16.3 Å². The molecule has 1 atom stereocenters. The summed E-state index contributed by atoms with van der Waals surface area (Å²) in [4.78, 5) is 35.8. The zero-order valence-corrected chi connectivity index (χ0v) is 13.5. The summed E-state index contributed by atoms with van der Waals surface area (Å²) in [5.74, 6) is -1.93. The lowest BCUT2D eigenvalue weighted by atomic mass is 10.1. The number of aliphatic carboxylic acids is 1. The summed E-state index contributed by atoms with van der Waals surface area (Å²) in [6.07, 6.45) is -0.102. The van der Waals surface area contributed by atoms with Gasteiger partial charge in [-0.15, -0.1) is 11.8 Å². The molecule has 1 aromatic rings. The molecule has 0 saturated carbocycles. The lowest BCUT2D eigenvalue weighted by Crippen LogP contribution is -2.50. The number of thioether (sulfide) groups is 1. The van der Waals surface area contributed by atoms with E-state index in [4.69, 9.17) is 16.7 Å². The molecular weight excluding hydrogens is 328 g/mol. The Morgan fingerprint density at radius 1 is 1.45 bits per heavy atom. The number of carbonyl (C=O) groups is 3. The van der Waals surface area contributed by atoms with E-state index in [0.29, 0.717) is 10.7 Å². The largest absolute Gasteiger partial charge is 0.480 e. The van der Waals surface area contributed by atoms with Gasteiger partial charge in [0.15, 0.2) is 0 Å². The van der Waals surface area contributed by atoms with Crippen LogP contribution in [0.1, 0.15) is 20.3 Å². The Morgan fingerprint density at radius 2 is 2.14 bits per heavy atom. The van der Waals surface area contributed by atoms with Crippen LogP contribution in [0.2, 0.25) is 5.02 Å². The number of hydrogen-bond donors (Lipinski definition) is 3. The molecule has 6 nitrogen and oxygen atoms in total. The van der Waals surface area contributed by atoms with Crippen LogP contribution < -0.4 is 10.6 Å². The van der Waals surface area contributed by atoms with Crippen LogP contribution in [0.3, 0.4) is 0 Å². The van der Waals surface area contributed by atoms with Crippen LogP contribution in [0.5, 0.6) is 0 Å². The Balaban J connectivity index is 2.05. The van der Waals surface area contributed by atoms with Gasteiger partial charge in [0.2, 0.25) is 11.8 Å². The minimum Gasteiger partial charge on any atom is -0.480 e. The van der Waals surface area contributed by atoms with Crippen molar-refractivity contribution >= 4 is 46.8 Å². The van der Waals surface area contributed by atoms with Gasteiger partial charge < -0.3 is 15.7 Å². The van der Waals surface area contributed by atoms with E-state index in [0.717, 1.165) is 4.90 Å². The number of rotatable bonds is 4. The molecule has 2 amide bonds. The standard InChI is InChI=1S/C14H15ClN2O4S/c1-14(2,13(20)21)17-11(18)6-10-12(19)16-8-5-7(15)3-4-9(8)22-10/h3-5,10H,6H2,1-2H3,(H,16,19)(H,17,18)(H,20,21). The summed E-state index contributed by atoms with van der Waals surface area (Å²) in [6.45, 7) is 2.78. The molecule has 1 heterocycles. The molecule has 1 aliphatic rings. The van der Waals surface area contributed by atoms with Crippen molar-refractivity contribution in [3.63, 3.8) is 0 Å². The summed E-state index contributed by atoms with van der Waals surface area (Å²) in [7, 11) is 0. The molecule has 2 rings (SSSR count).